The third-order valence-corrected chi connectivity index (χ3v) is 13.6. The second kappa shape index (κ2) is 19.0. The van der Waals surface area contributed by atoms with Gasteiger partial charge in [0, 0.05) is 0 Å². The van der Waals surface area contributed by atoms with Gasteiger partial charge in [-0.3, -0.25) is 27.4 Å². The maximum absolute atomic E-state index is 13.5. The van der Waals surface area contributed by atoms with Gasteiger partial charge in [0.05, 0.1) is 38.8 Å². The van der Waals surface area contributed by atoms with Crippen molar-refractivity contribution in [2.75, 3.05) is 49.7 Å². The monoisotopic (exact) mass is 1030 g/mol. The number of nitrogen functional groups attached to an aromatic ring is 3. The van der Waals surface area contributed by atoms with Gasteiger partial charge in [-0.05, 0) is 0 Å². The first-order valence-electron chi connectivity index (χ1n) is 20.0. The average molecular weight is 1030 g/mol. The molecule has 9 rings (SSSR count). The van der Waals surface area contributed by atoms with Crippen LogP contribution in [-0.2, 0) is 51.0 Å². The number of phosphoric ester groups is 1. The minimum Gasteiger partial charge on any atom is -0.387 e. The van der Waals surface area contributed by atoms with E-state index in [1.165, 1.54) is 32.7 Å². The summed E-state index contributed by atoms with van der Waals surface area (Å²) in [5.74, 6) is -0.0131. The molecule has 0 aromatic carbocycles. The van der Waals surface area contributed by atoms with Crippen molar-refractivity contribution >= 4 is 74.0 Å². The molecule has 3 saturated heterocycles. The average Bonchev–Trinajstić information content (AvgIpc) is 4.16. The molecule has 37 heteroatoms. The summed E-state index contributed by atoms with van der Waals surface area (Å²) in [5, 5.41) is 44.3. The van der Waals surface area contributed by atoms with Crippen LogP contribution in [0.1, 0.15) is 18.7 Å². The van der Waals surface area contributed by atoms with Crippen LogP contribution in [-0.4, -0.2) is 186 Å². The van der Waals surface area contributed by atoms with E-state index in [2.05, 4.69) is 49.4 Å². The lowest BCUT2D eigenvalue weighted by Crippen LogP contribution is -2.37. The largest absolute Gasteiger partial charge is 0.469 e. The molecule has 3 aliphatic rings. The van der Waals surface area contributed by atoms with Gasteiger partial charge in [-0.25, -0.2) is 49.4 Å². The summed E-state index contributed by atoms with van der Waals surface area (Å²) < 4.78 is 86.3. The molecular weight excluding hydrogens is 991 g/mol. The molecule has 3 fully saturated rings. The maximum Gasteiger partial charge on any atom is 0.469 e. The van der Waals surface area contributed by atoms with E-state index in [1.807, 2.05) is 0 Å². The Morgan fingerprint density at radius 3 is 1.23 bits per heavy atom. The first-order chi connectivity index (χ1) is 32.7. The summed E-state index contributed by atoms with van der Waals surface area (Å²) in [6, 6.07) is 0. The Bertz CT molecular complexity index is 2980. The van der Waals surface area contributed by atoms with Gasteiger partial charge < -0.3 is 89.9 Å². The second-order valence-corrected chi connectivity index (χ2v) is 20.4. The Hall–Kier alpha value is -4.90. The van der Waals surface area contributed by atoms with Crippen LogP contribution in [0.3, 0.4) is 0 Å². The van der Waals surface area contributed by atoms with Crippen LogP contribution in [0.2, 0.25) is 0 Å². The van der Waals surface area contributed by atoms with Crippen molar-refractivity contribution in [2.24, 2.45) is 0 Å². The quantitative estimate of drug-likeness (QED) is 0.0374. The Morgan fingerprint density at radius 2 is 0.841 bits per heavy atom. The number of aliphatic hydroxyl groups is 4. The molecule has 6 aromatic rings. The highest BCUT2D eigenvalue weighted by Gasteiger charge is 2.51. The van der Waals surface area contributed by atoms with Crippen molar-refractivity contribution in [1.29, 1.82) is 0 Å². The number of phosphoric acid groups is 1. The van der Waals surface area contributed by atoms with Crippen LogP contribution >= 0.6 is 23.0 Å². The van der Waals surface area contributed by atoms with Crippen molar-refractivity contribution in [3.05, 3.63) is 38.0 Å². The highest BCUT2D eigenvalue weighted by molar-refractivity contribution is 7.52. The lowest BCUT2D eigenvalue weighted by Gasteiger charge is -2.24. The van der Waals surface area contributed by atoms with Crippen LogP contribution in [0.4, 0.5) is 17.5 Å². The van der Waals surface area contributed by atoms with E-state index in [-0.39, 0.29) is 50.9 Å². The summed E-state index contributed by atoms with van der Waals surface area (Å²) in [4.78, 5) is 76.7. The van der Waals surface area contributed by atoms with E-state index < -0.39 is 129 Å². The van der Waals surface area contributed by atoms with Gasteiger partial charge in [0.15, 0.2) is 53.1 Å². The Kier molecular flexibility index (Phi) is 13.5. The number of ether oxygens (including phenoxy) is 5. The van der Waals surface area contributed by atoms with E-state index in [0.29, 0.717) is 0 Å². The van der Waals surface area contributed by atoms with Gasteiger partial charge in [0.2, 0.25) is 0 Å². The number of nitrogens with two attached hydrogens (primary N) is 3. The first-order valence-corrected chi connectivity index (χ1v) is 25.1. The Labute approximate surface area is 384 Å². The SMILES string of the molecule is Nc1ncnc2c1ncn2[C@@H]1O[C@H](COP(=O)(O)CO[C@@H]2[C@H](O)[C@@H](COP(=O)(O)CO[C@@H]3[C@H](O)[C@@H](COP(=O)(O)O)O[C@H]3n3cnc4c(N)ncnc43)O[C@H]2n2cnc3c(N)ncnc32)[C@@H](O)[C@H]1O. The zero-order valence-corrected chi connectivity index (χ0v) is 37.6. The van der Waals surface area contributed by atoms with Gasteiger partial charge in [-0.15, -0.1) is 0 Å². The normalized spacial score (nSPS) is 30.4. The second-order valence-electron chi connectivity index (χ2n) is 15.6. The third kappa shape index (κ3) is 9.92. The summed E-state index contributed by atoms with van der Waals surface area (Å²) in [5.41, 5.74) is 18.4. The molecule has 2 unspecified atom stereocenters. The molecule has 9 heterocycles. The Morgan fingerprint density at radius 1 is 0.493 bits per heavy atom. The van der Waals surface area contributed by atoms with Crippen LogP contribution < -0.4 is 17.2 Å². The van der Waals surface area contributed by atoms with Crippen LogP contribution in [0, 0.1) is 0 Å². The summed E-state index contributed by atoms with van der Waals surface area (Å²) in [7, 11) is -14.8. The predicted molar refractivity (Wildman–Crippen MR) is 224 cm³/mol. The molecule has 3 aliphatic heterocycles. The molecule has 14 N–H and O–H groups in total. The molecule has 14 atom stereocenters. The van der Waals surface area contributed by atoms with E-state index in [1.54, 1.807) is 0 Å². The zero-order valence-electron chi connectivity index (χ0n) is 34.9. The van der Waals surface area contributed by atoms with E-state index >= 15 is 0 Å². The fourth-order valence-electron chi connectivity index (χ4n) is 7.77. The van der Waals surface area contributed by atoms with Crippen molar-refractivity contribution in [3.8, 4) is 0 Å². The number of aliphatic hydroxyl groups excluding tert-OH is 4. The predicted octanol–water partition coefficient (Wildman–Crippen LogP) is -3.41. The van der Waals surface area contributed by atoms with Gasteiger partial charge >= 0.3 is 23.0 Å². The van der Waals surface area contributed by atoms with E-state index in [0.717, 1.165) is 19.0 Å². The van der Waals surface area contributed by atoms with Crippen molar-refractivity contribution in [1.82, 2.24) is 58.6 Å². The molecule has 0 aliphatic carbocycles. The highest BCUT2D eigenvalue weighted by atomic mass is 31.2. The van der Waals surface area contributed by atoms with Crippen LogP contribution in [0.15, 0.2) is 38.0 Å². The van der Waals surface area contributed by atoms with Gasteiger partial charge in [0.25, 0.3) is 0 Å². The minimum absolute atomic E-state index is 0.0249. The number of hydrogen-bond donors (Lipinski definition) is 11. The van der Waals surface area contributed by atoms with Crippen molar-refractivity contribution in [2.45, 2.75) is 73.6 Å². The Balaban J connectivity index is 0.869. The molecule has 34 nitrogen and oxygen atoms in total. The molecule has 6 aromatic heterocycles. The van der Waals surface area contributed by atoms with E-state index in [9.17, 15) is 53.7 Å². The van der Waals surface area contributed by atoms with Gasteiger partial charge in [-0.1, -0.05) is 0 Å². The first kappa shape index (κ1) is 49.1. The molecular formula is C32H42N15O19P3. The van der Waals surface area contributed by atoms with Crippen LogP contribution in [0.5, 0.6) is 0 Å². The summed E-state index contributed by atoms with van der Waals surface area (Å²) >= 11 is 0. The van der Waals surface area contributed by atoms with Crippen molar-refractivity contribution in [3.63, 3.8) is 0 Å². The lowest BCUT2D eigenvalue weighted by molar-refractivity contribution is -0.0686. The highest BCUT2D eigenvalue weighted by Crippen LogP contribution is 2.48. The maximum atomic E-state index is 13.5. The number of anilines is 3. The number of hydrogen-bond acceptors (Lipinski definition) is 27. The van der Waals surface area contributed by atoms with Gasteiger partial charge in [0.1, 0.15) is 103 Å². The minimum atomic E-state index is -5.05. The molecule has 69 heavy (non-hydrogen) atoms. The molecule has 0 amide bonds. The molecule has 0 spiro atoms. The fraction of sp³-hybridized carbons (Fsp3) is 0.531. The zero-order chi connectivity index (χ0) is 49.2. The summed E-state index contributed by atoms with van der Waals surface area (Å²) in [6.07, 6.45) is -13.6. The number of aromatic nitrogens is 12. The molecule has 0 radical (unpaired) electrons. The standard InChI is InChI=1S/C32H42N15O19P3/c33-24-15-27(39-4-36-24)45(7-42-15)30-21(51)18(48)12(64-30)1-61-67(52,53)10-59-22-19(49)13(65-31(22)46-8-43-16-25(34)37-5-40-28(16)46)2-62-68(54,55)11-60-23-20(50)14(3-63-69(56,57)58)66-32(23)47-9-44-17-26(35)38-6-41-29(17)47/h4-9,12-14,18-23,30-32,48-51H,1-3,10-11H2,(H,52,53)(H,54,55)(H2,33,36,39)(H2,34,37,40)(H2,35,38,41)(H2,56,57,58)/t12-,13-,14-,18-,19-,20-,21-,22-,23-,30-,31-,32-/m1/s1. The summed E-state index contributed by atoms with van der Waals surface area (Å²) in [6.45, 7) is -2.45. The topological polar surface area (TPSA) is 496 Å². The third-order valence-electron chi connectivity index (χ3n) is 11.1. The molecule has 0 bridgehead atoms. The van der Waals surface area contributed by atoms with E-state index in [4.69, 9.17) is 49.9 Å². The number of rotatable bonds is 18. The number of fused-ring (bicyclic) bond motifs is 3. The lowest BCUT2D eigenvalue weighted by atomic mass is 10.1. The number of nitrogens with zero attached hydrogens (tertiary/aromatic N) is 12. The molecule has 374 valence electrons. The fourth-order valence-corrected chi connectivity index (χ4v) is 9.74. The molecule has 0 saturated carbocycles. The van der Waals surface area contributed by atoms with Crippen molar-refractivity contribution < 1.29 is 91.0 Å². The number of imidazole rings is 3. The van der Waals surface area contributed by atoms with Crippen LogP contribution in [0.25, 0.3) is 33.5 Å². The van der Waals surface area contributed by atoms with Gasteiger partial charge in [-0.2, -0.15) is 0 Å². The smallest absolute Gasteiger partial charge is 0.387 e.